The van der Waals surface area contributed by atoms with E-state index in [4.69, 9.17) is 15.0 Å². The van der Waals surface area contributed by atoms with E-state index in [9.17, 15) is 14.4 Å². The zero-order valence-electron chi connectivity index (χ0n) is 14.7. The van der Waals surface area contributed by atoms with Crippen LogP contribution in [0, 0.1) is 0 Å². The number of hydrogen-bond donors (Lipinski definition) is 2. The first-order valence-electron chi connectivity index (χ1n) is 8.41. The molecule has 1 fully saturated rings. The maximum absolute atomic E-state index is 12.2. The highest BCUT2D eigenvalue weighted by Gasteiger charge is 2.26. The molecular formula is C16H26N4O5. The Bertz CT molecular complexity index is 515. The zero-order chi connectivity index (χ0) is 18.7. The molecule has 0 spiro atoms. The number of hydrogen-bond acceptors (Lipinski definition) is 6. The number of nitrogens with zero attached hydrogens (tertiary/aromatic N) is 2. The van der Waals surface area contributed by atoms with Gasteiger partial charge >= 0.3 is 12.2 Å². The molecule has 1 aliphatic rings. The molecule has 0 heterocycles. The predicted octanol–water partition coefficient (Wildman–Crippen LogP) is -0.159. The highest BCUT2D eigenvalue weighted by Crippen LogP contribution is 2.17. The first kappa shape index (κ1) is 21.0. The Hall–Kier alpha value is -2.09. The van der Waals surface area contributed by atoms with Crippen molar-refractivity contribution in [2.24, 2.45) is 0 Å². The predicted molar refractivity (Wildman–Crippen MR) is 88.9 cm³/mol. The number of carbonyl (C=O) groups is 3. The first-order valence-corrected chi connectivity index (χ1v) is 8.41. The summed E-state index contributed by atoms with van der Waals surface area (Å²) in [5.41, 5.74) is 8.34. The number of amides is 1. The van der Waals surface area contributed by atoms with Crippen LogP contribution < -0.4 is 10.6 Å². The third kappa shape index (κ3) is 8.02. The van der Waals surface area contributed by atoms with E-state index in [2.05, 4.69) is 15.4 Å². The molecule has 0 bridgehead atoms. The molecule has 1 rings (SSSR count). The molecule has 1 aliphatic carbocycles. The van der Waals surface area contributed by atoms with Gasteiger partial charge in [-0.25, -0.2) is 4.79 Å². The highest BCUT2D eigenvalue weighted by atomic mass is 16.5. The summed E-state index contributed by atoms with van der Waals surface area (Å²) in [6.07, 6.45) is 3.49. The van der Waals surface area contributed by atoms with E-state index >= 15 is 0 Å². The lowest BCUT2D eigenvalue weighted by molar-refractivity contribution is -0.149. The van der Waals surface area contributed by atoms with Gasteiger partial charge in [0.2, 0.25) is 11.7 Å². The van der Waals surface area contributed by atoms with Gasteiger partial charge in [0.25, 0.3) is 0 Å². The van der Waals surface area contributed by atoms with Gasteiger partial charge in [0, 0.05) is 26.1 Å². The molecular weight excluding hydrogens is 328 g/mol. The summed E-state index contributed by atoms with van der Waals surface area (Å²) >= 11 is 0. The number of rotatable bonds is 12. The summed E-state index contributed by atoms with van der Waals surface area (Å²) in [6.45, 7) is 2.28. The van der Waals surface area contributed by atoms with E-state index in [1.165, 1.54) is 13.5 Å². The van der Waals surface area contributed by atoms with Gasteiger partial charge in [-0.1, -0.05) is 6.42 Å². The zero-order valence-corrected chi connectivity index (χ0v) is 14.7. The molecule has 1 amide bonds. The van der Waals surface area contributed by atoms with Gasteiger partial charge in [-0.15, -0.1) is 0 Å². The van der Waals surface area contributed by atoms with Crippen molar-refractivity contribution in [3.8, 4) is 0 Å². The van der Waals surface area contributed by atoms with Gasteiger partial charge in [-0.05, 0) is 26.2 Å². The standard InChI is InChI=1S/C16H26N4O5/c1-11(24-2)15(22)20-14(7-6-13(21)10-19-17)16(23)25-9-8-18-12-4-3-5-12/h10-12,14,18H,3-9H2,1-2H3,(H,20,22)/t11-,14+/m1/s1. The number of nitrogens with one attached hydrogen (secondary N) is 2. The quantitative estimate of drug-likeness (QED) is 0.165. The molecule has 9 heteroatoms. The van der Waals surface area contributed by atoms with Gasteiger partial charge in [0.1, 0.15) is 18.8 Å². The fraction of sp³-hybridized carbons (Fsp3) is 0.750. The Labute approximate surface area is 147 Å². The number of methoxy groups -OCH3 is 1. The minimum atomic E-state index is -0.968. The third-order valence-corrected chi connectivity index (χ3v) is 4.09. The summed E-state index contributed by atoms with van der Waals surface area (Å²) in [6, 6.07) is -0.475. The van der Waals surface area contributed by atoms with E-state index in [1.807, 2.05) is 0 Å². The first-order chi connectivity index (χ1) is 12.0. The maximum Gasteiger partial charge on any atom is 0.328 e. The molecule has 0 saturated heterocycles. The van der Waals surface area contributed by atoms with Crippen LogP contribution in [0.3, 0.4) is 0 Å². The van der Waals surface area contributed by atoms with Crippen molar-refractivity contribution >= 4 is 23.9 Å². The average Bonchev–Trinajstić information content (AvgIpc) is 2.55. The Morgan fingerprint density at radius 3 is 2.64 bits per heavy atom. The number of esters is 1. The van der Waals surface area contributed by atoms with Crippen LogP contribution in [0.1, 0.15) is 39.0 Å². The lowest BCUT2D eigenvalue weighted by Crippen LogP contribution is -2.46. The largest absolute Gasteiger partial charge is 0.463 e. The molecule has 0 unspecified atom stereocenters. The van der Waals surface area contributed by atoms with Gasteiger partial charge in [-0.2, -0.15) is 4.79 Å². The van der Waals surface area contributed by atoms with Crippen LogP contribution in [0.2, 0.25) is 0 Å². The third-order valence-electron chi connectivity index (χ3n) is 4.09. The molecule has 2 N–H and O–H groups in total. The van der Waals surface area contributed by atoms with Gasteiger partial charge in [0.15, 0.2) is 0 Å². The van der Waals surface area contributed by atoms with Crippen LogP contribution in [0.15, 0.2) is 0 Å². The van der Waals surface area contributed by atoms with Crippen molar-refractivity contribution in [2.45, 2.75) is 57.2 Å². The molecule has 0 aromatic carbocycles. The van der Waals surface area contributed by atoms with E-state index in [1.54, 1.807) is 6.92 Å². The molecule has 2 atom stereocenters. The fourth-order valence-corrected chi connectivity index (χ4v) is 2.19. The average molecular weight is 354 g/mol. The van der Waals surface area contributed by atoms with Crippen LogP contribution in [-0.4, -0.2) is 67.1 Å². The van der Waals surface area contributed by atoms with Crippen LogP contribution in [0.5, 0.6) is 0 Å². The molecule has 25 heavy (non-hydrogen) atoms. The van der Waals surface area contributed by atoms with E-state index in [-0.39, 0.29) is 19.4 Å². The molecule has 0 radical (unpaired) electrons. The molecule has 0 aromatic rings. The van der Waals surface area contributed by atoms with Crippen LogP contribution in [-0.2, 0) is 23.9 Å². The number of ketones is 1. The van der Waals surface area contributed by atoms with Crippen LogP contribution >= 0.6 is 0 Å². The second-order valence-electron chi connectivity index (χ2n) is 5.94. The molecule has 0 aromatic heterocycles. The van der Waals surface area contributed by atoms with Crippen molar-refractivity contribution < 1.29 is 28.6 Å². The van der Waals surface area contributed by atoms with E-state index in [0.29, 0.717) is 12.6 Å². The lowest BCUT2D eigenvalue weighted by atomic mass is 9.93. The summed E-state index contributed by atoms with van der Waals surface area (Å²) in [4.78, 5) is 38.2. The smallest absolute Gasteiger partial charge is 0.328 e. The van der Waals surface area contributed by atoms with Gasteiger partial charge in [-0.3, -0.25) is 9.59 Å². The summed E-state index contributed by atoms with van der Waals surface area (Å²) in [7, 11) is 1.38. The maximum atomic E-state index is 12.2. The molecule has 1 saturated carbocycles. The van der Waals surface area contributed by atoms with E-state index < -0.39 is 29.8 Å². The van der Waals surface area contributed by atoms with Gasteiger partial charge in [0.05, 0.1) is 0 Å². The fourth-order valence-electron chi connectivity index (χ4n) is 2.19. The van der Waals surface area contributed by atoms with Crippen LogP contribution in [0.25, 0.3) is 5.53 Å². The van der Waals surface area contributed by atoms with E-state index in [0.717, 1.165) is 19.1 Å². The topological polar surface area (TPSA) is 130 Å². The Balaban J connectivity index is 2.47. The second kappa shape index (κ2) is 11.5. The highest BCUT2D eigenvalue weighted by molar-refractivity contribution is 6.25. The normalized spacial score (nSPS) is 16.1. The van der Waals surface area contributed by atoms with Crippen molar-refractivity contribution in [2.75, 3.05) is 20.3 Å². The summed E-state index contributed by atoms with van der Waals surface area (Å²) in [5, 5.41) is 5.78. The van der Waals surface area contributed by atoms with Crippen molar-refractivity contribution in [3.63, 3.8) is 0 Å². The van der Waals surface area contributed by atoms with Crippen molar-refractivity contribution in [3.05, 3.63) is 5.53 Å². The Kier molecular flexibility index (Phi) is 9.61. The summed E-state index contributed by atoms with van der Waals surface area (Å²) in [5.74, 6) is -1.54. The summed E-state index contributed by atoms with van der Waals surface area (Å²) < 4.78 is 10.1. The van der Waals surface area contributed by atoms with Crippen molar-refractivity contribution in [1.82, 2.24) is 10.6 Å². The second-order valence-corrected chi connectivity index (χ2v) is 5.94. The Morgan fingerprint density at radius 2 is 2.08 bits per heavy atom. The van der Waals surface area contributed by atoms with Crippen molar-refractivity contribution in [1.29, 1.82) is 0 Å². The SMILES string of the molecule is CO[C@H](C)C(=O)N[C@@H](CCC(=O)C=[N+]=[N-])C(=O)OCCNC1CCC1. The minimum absolute atomic E-state index is 0.0436. The minimum Gasteiger partial charge on any atom is -0.463 e. The molecule has 140 valence electrons. The number of ether oxygens (including phenoxy) is 2. The Morgan fingerprint density at radius 1 is 1.36 bits per heavy atom. The van der Waals surface area contributed by atoms with Gasteiger partial charge < -0.3 is 25.6 Å². The molecule has 9 nitrogen and oxygen atoms in total. The molecule has 0 aliphatic heterocycles. The number of carbonyl (C=O) groups excluding carboxylic acids is 3. The number of Topliss-reactive ketones (excluding diaryl/α,β-unsaturated/α-hetero) is 1. The van der Waals surface area contributed by atoms with Crippen LogP contribution in [0.4, 0.5) is 0 Å². The monoisotopic (exact) mass is 354 g/mol. The lowest BCUT2D eigenvalue weighted by Gasteiger charge is -2.26.